The summed E-state index contributed by atoms with van der Waals surface area (Å²) in [6.45, 7) is 1.81. The van der Waals surface area contributed by atoms with Crippen LogP contribution in [-0.4, -0.2) is 28.1 Å². The number of hydrogen-bond donors (Lipinski definition) is 2. The number of amides is 1. The molecular formula is C22H22N2O2. The van der Waals surface area contributed by atoms with Gasteiger partial charge in [0.15, 0.2) is 0 Å². The molecular weight excluding hydrogens is 324 g/mol. The number of pyridine rings is 1. The van der Waals surface area contributed by atoms with Crippen LogP contribution in [0.4, 0.5) is 0 Å². The Morgan fingerprint density at radius 2 is 1.85 bits per heavy atom. The van der Waals surface area contributed by atoms with Crippen LogP contribution in [0.2, 0.25) is 0 Å². The number of carbonyl (C=O) groups is 1. The highest BCUT2D eigenvalue weighted by molar-refractivity contribution is 5.95. The van der Waals surface area contributed by atoms with E-state index in [-0.39, 0.29) is 11.9 Å². The number of hydrogen-bond acceptors (Lipinski definition) is 3. The topological polar surface area (TPSA) is 62.2 Å². The third-order valence-electron chi connectivity index (χ3n) is 4.33. The standard InChI is InChI=1S/C22H22N2O2/c1-16(21(25)15-17-7-3-2-4-8-17)24-22(26)12-11-18-13-14-23-20-10-6-5-9-19(18)20/h2-14,16,21,25H,15H2,1H3,(H,24,26)/b12-11+. The summed E-state index contributed by atoms with van der Waals surface area (Å²) < 4.78 is 0. The SMILES string of the molecule is CC(NC(=O)/C=C/c1ccnc2ccccc12)C(O)Cc1ccccc1. The number of aliphatic hydroxyl groups is 1. The maximum absolute atomic E-state index is 12.2. The van der Waals surface area contributed by atoms with Gasteiger partial charge in [-0.2, -0.15) is 0 Å². The Hall–Kier alpha value is -2.98. The first-order valence-electron chi connectivity index (χ1n) is 8.68. The molecule has 1 amide bonds. The van der Waals surface area contributed by atoms with Gasteiger partial charge in [0.1, 0.15) is 0 Å². The molecule has 0 spiro atoms. The molecule has 1 aromatic heterocycles. The molecule has 0 aliphatic rings. The Bertz CT molecular complexity index is 901. The quantitative estimate of drug-likeness (QED) is 0.673. The van der Waals surface area contributed by atoms with E-state index in [4.69, 9.17) is 0 Å². The summed E-state index contributed by atoms with van der Waals surface area (Å²) in [6, 6.07) is 19.1. The molecule has 0 radical (unpaired) electrons. The Morgan fingerprint density at radius 1 is 1.12 bits per heavy atom. The second-order valence-electron chi connectivity index (χ2n) is 6.30. The normalized spacial score (nSPS) is 13.6. The van der Waals surface area contributed by atoms with Gasteiger partial charge >= 0.3 is 0 Å². The van der Waals surface area contributed by atoms with Crippen LogP contribution in [0.5, 0.6) is 0 Å². The van der Waals surface area contributed by atoms with E-state index >= 15 is 0 Å². The number of aliphatic hydroxyl groups excluding tert-OH is 1. The van der Waals surface area contributed by atoms with Gasteiger partial charge in [0.2, 0.25) is 5.91 Å². The molecule has 3 rings (SSSR count). The average Bonchev–Trinajstić information content (AvgIpc) is 2.67. The Labute approximate surface area is 153 Å². The smallest absolute Gasteiger partial charge is 0.244 e. The lowest BCUT2D eigenvalue weighted by Gasteiger charge is -2.19. The Morgan fingerprint density at radius 3 is 2.65 bits per heavy atom. The molecule has 4 heteroatoms. The zero-order valence-corrected chi connectivity index (χ0v) is 14.7. The maximum Gasteiger partial charge on any atom is 0.244 e. The first-order valence-corrected chi connectivity index (χ1v) is 8.68. The van der Waals surface area contributed by atoms with E-state index in [0.717, 1.165) is 22.0 Å². The van der Waals surface area contributed by atoms with E-state index < -0.39 is 6.10 Å². The van der Waals surface area contributed by atoms with Crippen molar-refractivity contribution in [2.75, 3.05) is 0 Å². The summed E-state index contributed by atoms with van der Waals surface area (Å²) in [5, 5.41) is 14.1. The summed E-state index contributed by atoms with van der Waals surface area (Å²) in [7, 11) is 0. The number of benzene rings is 2. The second kappa shape index (κ2) is 8.41. The van der Waals surface area contributed by atoms with Gasteiger partial charge in [0.05, 0.1) is 17.7 Å². The number of aromatic nitrogens is 1. The average molecular weight is 346 g/mol. The fourth-order valence-corrected chi connectivity index (χ4v) is 2.83. The molecule has 3 aromatic rings. The molecule has 26 heavy (non-hydrogen) atoms. The first kappa shape index (κ1) is 17.8. The van der Waals surface area contributed by atoms with Gasteiger partial charge in [-0.3, -0.25) is 9.78 Å². The minimum absolute atomic E-state index is 0.231. The van der Waals surface area contributed by atoms with E-state index in [2.05, 4.69) is 10.3 Å². The van der Waals surface area contributed by atoms with Crippen LogP contribution in [-0.2, 0) is 11.2 Å². The number of nitrogens with one attached hydrogen (secondary N) is 1. The predicted octanol–water partition coefficient (Wildman–Crippen LogP) is 3.36. The van der Waals surface area contributed by atoms with Crippen LogP contribution < -0.4 is 5.32 Å². The van der Waals surface area contributed by atoms with E-state index in [1.165, 1.54) is 6.08 Å². The van der Waals surface area contributed by atoms with Crippen LogP contribution in [0.25, 0.3) is 17.0 Å². The van der Waals surface area contributed by atoms with E-state index in [1.54, 1.807) is 19.2 Å². The van der Waals surface area contributed by atoms with Crippen molar-refractivity contribution in [2.24, 2.45) is 0 Å². The monoisotopic (exact) mass is 346 g/mol. The highest BCUT2D eigenvalue weighted by atomic mass is 16.3. The molecule has 2 aromatic carbocycles. The number of para-hydroxylation sites is 1. The molecule has 2 unspecified atom stereocenters. The zero-order chi connectivity index (χ0) is 18.4. The Balaban J connectivity index is 1.61. The Kier molecular flexibility index (Phi) is 5.77. The van der Waals surface area contributed by atoms with Crippen LogP contribution in [0.3, 0.4) is 0 Å². The third kappa shape index (κ3) is 4.55. The number of nitrogens with zero attached hydrogens (tertiary/aromatic N) is 1. The molecule has 1 heterocycles. The minimum Gasteiger partial charge on any atom is -0.391 e. The molecule has 0 aliphatic carbocycles. The van der Waals surface area contributed by atoms with Crippen molar-refractivity contribution in [2.45, 2.75) is 25.5 Å². The number of carbonyl (C=O) groups excluding carboxylic acids is 1. The van der Waals surface area contributed by atoms with Gasteiger partial charge in [-0.05, 0) is 36.3 Å². The fraction of sp³-hybridized carbons (Fsp3) is 0.182. The molecule has 0 fully saturated rings. The predicted molar refractivity (Wildman–Crippen MR) is 105 cm³/mol. The van der Waals surface area contributed by atoms with E-state index in [9.17, 15) is 9.90 Å². The van der Waals surface area contributed by atoms with Gasteiger partial charge < -0.3 is 10.4 Å². The van der Waals surface area contributed by atoms with Crippen molar-refractivity contribution in [3.8, 4) is 0 Å². The molecule has 0 bridgehead atoms. The summed E-state index contributed by atoms with van der Waals surface area (Å²) in [4.78, 5) is 16.5. The van der Waals surface area contributed by atoms with Crippen LogP contribution >= 0.6 is 0 Å². The lowest BCUT2D eigenvalue weighted by Crippen LogP contribution is -2.41. The molecule has 4 nitrogen and oxygen atoms in total. The molecule has 132 valence electrons. The first-order chi connectivity index (χ1) is 12.6. The van der Waals surface area contributed by atoms with Gasteiger partial charge in [-0.15, -0.1) is 0 Å². The largest absolute Gasteiger partial charge is 0.391 e. The maximum atomic E-state index is 12.2. The van der Waals surface area contributed by atoms with Crippen molar-refractivity contribution >= 4 is 22.9 Å². The molecule has 2 atom stereocenters. The molecule has 2 N–H and O–H groups in total. The van der Waals surface area contributed by atoms with Crippen molar-refractivity contribution in [1.82, 2.24) is 10.3 Å². The lowest BCUT2D eigenvalue weighted by atomic mass is 10.0. The van der Waals surface area contributed by atoms with Crippen molar-refractivity contribution < 1.29 is 9.90 Å². The van der Waals surface area contributed by atoms with Crippen LogP contribution in [0.1, 0.15) is 18.1 Å². The summed E-state index contributed by atoms with van der Waals surface area (Å²) in [6.07, 6.45) is 4.85. The van der Waals surface area contributed by atoms with Gasteiger partial charge in [-0.1, -0.05) is 48.5 Å². The van der Waals surface area contributed by atoms with Gasteiger partial charge in [0.25, 0.3) is 0 Å². The molecule has 0 aliphatic heterocycles. The van der Waals surface area contributed by atoms with Gasteiger partial charge in [-0.25, -0.2) is 0 Å². The van der Waals surface area contributed by atoms with Gasteiger partial charge in [0, 0.05) is 24.1 Å². The van der Waals surface area contributed by atoms with Crippen molar-refractivity contribution in [3.05, 3.63) is 84.1 Å². The zero-order valence-electron chi connectivity index (χ0n) is 14.7. The second-order valence-corrected chi connectivity index (χ2v) is 6.30. The molecule has 0 saturated heterocycles. The highest BCUT2D eigenvalue weighted by Crippen LogP contribution is 2.17. The van der Waals surface area contributed by atoms with E-state index in [1.807, 2.05) is 60.7 Å². The third-order valence-corrected chi connectivity index (χ3v) is 4.33. The summed E-state index contributed by atoms with van der Waals surface area (Å²) >= 11 is 0. The van der Waals surface area contributed by atoms with E-state index in [0.29, 0.717) is 6.42 Å². The fourth-order valence-electron chi connectivity index (χ4n) is 2.83. The van der Waals surface area contributed by atoms with Crippen molar-refractivity contribution in [3.63, 3.8) is 0 Å². The number of fused-ring (bicyclic) bond motifs is 1. The summed E-state index contributed by atoms with van der Waals surface area (Å²) in [5.41, 5.74) is 2.87. The lowest BCUT2D eigenvalue weighted by molar-refractivity contribution is -0.117. The molecule has 0 saturated carbocycles. The number of rotatable bonds is 6. The summed E-state index contributed by atoms with van der Waals surface area (Å²) in [5.74, 6) is -0.231. The van der Waals surface area contributed by atoms with Crippen LogP contribution in [0.15, 0.2) is 72.9 Å². The highest BCUT2D eigenvalue weighted by Gasteiger charge is 2.16. The minimum atomic E-state index is -0.642. The van der Waals surface area contributed by atoms with Crippen molar-refractivity contribution in [1.29, 1.82) is 0 Å². The van der Waals surface area contributed by atoms with Crippen LogP contribution in [0, 0.1) is 0 Å².